The number of rotatable bonds is 5. The van der Waals surface area contributed by atoms with Crippen LogP contribution in [-0.4, -0.2) is 29.2 Å². The molecule has 0 aliphatic heterocycles. The Hall–Kier alpha value is -2.47. The lowest BCUT2D eigenvalue weighted by molar-refractivity contribution is 0.0450. The summed E-state index contributed by atoms with van der Waals surface area (Å²) in [4.78, 5) is 21.1. The Morgan fingerprint density at radius 2 is 1.64 bits per heavy atom. The standard InChI is InChI=1S/C19H17BrN2O3/c1-12-13(2)22-18-11-14(3-8-17(18)21-12)19(23)25-10-9-24-16-6-4-15(20)5-7-16/h3-8,11H,9-10H2,1-2H3. The first-order valence-corrected chi connectivity index (χ1v) is 8.63. The molecule has 0 spiro atoms. The van der Waals surface area contributed by atoms with Gasteiger partial charge in [0.1, 0.15) is 19.0 Å². The van der Waals surface area contributed by atoms with Crippen molar-refractivity contribution in [3.8, 4) is 5.75 Å². The minimum absolute atomic E-state index is 0.172. The minimum atomic E-state index is -0.402. The number of halogens is 1. The highest BCUT2D eigenvalue weighted by molar-refractivity contribution is 9.10. The Morgan fingerprint density at radius 3 is 2.36 bits per heavy atom. The van der Waals surface area contributed by atoms with E-state index in [1.54, 1.807) is 18.2 Å². The van der Waals surface area contributed by atoms with Crippen LogP contribution in [0.15, 0.2) is 46.9 Å². The van der Waals surface area contributed by atoms with Crippen molar-refractivity contribution < 1.29 is 14.3 Å². The molecule has 0 bridgehead atoms. The number of aryl methyl sites for hydroxylation is 2. The van der Waals surface area contributed by atoms with E-state index in [4.69, 9.17) is 9.47 Å². The topological polar surface area (TPSA) is 61.3 Å². The van der Waals surface area contributed by atoms with Crippen LogP contribution in [0.3, 0.4) is 0 Å². The molecular weight excluding hydrogens is 384 g/mol. The fourth-order valence-electron chi connectivity index (χ4n) is 2.27. The lowest BCUT2D eigenvalue weighted by Crippen LogP contribution is -2.12. The maximum absolute atomic E-state index is 12.2. The Morgan fingerprint density at radius 1 is 0.960 bits per heavy atom. The normalized spacial score (nSPS) is 10.7. The quantitative estimate of drug-likeness (QED) is 0.473. The molecule has 0 aliphatic rings. The SMILES string of the molecule is Cc1nc2ccc(C(=O)OCCOc3ccc(Br)cc3)cc2nc1C. The summed E-state index contributed by atoms with van der Waals surface area (Å²) < 4.78 is 11.8. The molecule has 1 heterocycles. The highest BCUT2D eigenvalue weighted by Crippen LogP contribution is 2.17. The lowest BCUT2D eigenvalue weighted by Gasteiger charge is -2.08. The predicted octanol–water partition coefficient (Wildman–Crippen LogP) is 4.24. The number of nitrogens with zero attached hydrogens (tertiary/aromatic N) is 2. The summed E-state index contributed by atoms with van der Waals surface area (Å²) in [5.41, 5.74) is 3.63. The predicted molar refractivity (Wildman–Crippen MR) is 98.9 cm³/mol. The highest BCUT2D eigenvalue weighted by Gasteiger charge is 2.10. The van der Waals surface area contributed by atoms with Crippen molar-refractivity contribution in [3.05, 3.63) is 63.9 Å². The van der Waals surface area contributed by atoms with Crippen molar-refractivity contribution in [3.63, 3.8) is 0 Å². The number of carbonyl (C=O) groups excluding carboxylic acids is 1. The van der Waals surface area contributed by atoms with Crippen molar-refractivity contribution in [2.75, 3.05) is 13.2 Å². The van der Waals surface area contributed by atoms with E-state index in [2.05, 4.69) is 25.9 Å². The molecule has 0 amide bonds. The zero-order chi connectivity index (χ0) is 17.8. The summed E-state index contributed by atoms with van der Waals surface area (Å²) in [7, 11) is 0. The van der Waals surface area contributed by atoms with Crippen molar-refractivity contribution in [1.29, 1.82) is 0 Å². The molecule has 0 N–H and O–H groups in total. The molecule has 0 saturated carbocycles. The Balaban J connectivity index is 1.58. The molecule has 0 unspecified atom stereocenters. The van der Waals surface area contributed by atoms with Crippen LogP contribution < -0.4 is 4.74 Å². The number of hydrogen-bond acceptors (Lipinski definition) is 5. The molecule has 0 saturated heterocycles. The molecule has 2 aromatic carbocycles. The zero-order valence-electron chi connectivity index (χ0n) is 14.0. The average Bonchev–Trinajstić information content (AvgIpc) is 2.60. The first-order valence-electron chi connectivity index (χ1n) is 7.83. The molecule has 0 atom stereocenters. The maximum atomic E-state index is 12.2. The fourth-order valence-corrected chi connectivity index (χ4v) is 2.53. The first-order chi connectivity index (χ1) is 12.0. The van der Waals surface area contributed by atoms with Crippen LogP contribution >= 0.6 is 15.9 Å². The molecule has 128 valence electrons. The van der Waals surface area contributed by atoms with Gasteiger partial charge in [-0.1, -0.05) is 15.9 Å². The van der Waals surface area contributed by atoms with Crippen LogP contribution in [0.1, 0.15) is 21.7 Å². The average molecular weight is 401 g/mol. The van der Waals surface area contributed by atoms with Crippen LogP contribution in [-0.2, 0) is 4.74 Å². The van der Waals surface area contributed by atoms with Gasteiger partial charge in [-0.3, -0.25) is 0 Å². The van der Waals surface area contributed by atoms with Crippen LogP contribution in [0.2, 0.25) is 0 Å². The summed E-state index contributed by atoms with van der Waals surface area (Å²) in [5.74, 6) is 0.326. The second kappa shape index (κ2) is 7.61. The summed E-state index contributed by atoms with van der Waals surface area (Å²) >= 11 is 3.36. The summed E-state index contributed by atoms with van der Waals surface area (Å²) in [6, 6.07) is 12.7. The number of carbonyl (C=O) groups is 1. The monoisotopic (exact) mass is 400 g/mol. The molecule has 1 aromatic heterocycles. The van der Waals surface area contributed by atoms with E-state index < -0.39 is 5.97 Å². The summed E-state index contributed by atoms with van der Waals surface area (Å²) in [5, 5.41) is 0. The number of fused-ring (bicyclic) bond motifs is 1. The number of esters is 1. The minimum Gasteiger partial charge on any atom is -0.490 e. The van der Waals surface area contributed by atoms with Gasteiger partial charge in [0.2, 0.25) is 0 Å². The zero-order valence-corrected chi connectivity index (χ0v) is 15.5. The molecule has 5 nitrogen and oxygen atoms in total. The number of hydrogen-bond donors (Lipinski definition) is 0. The van der Waals surface area contributed by atoms with Crippen molar-refractivity contribution in [2.45, 2.75) is 13.8 Å². The van der Waals surface area contributed by atoms with Gasteiger partial charge in [0.05, 0.1) is 28.0 Å². The van der Waals surface area contributed by atoms with Gasteiger partial charge in [0.15, 0.2) is 0 Å². The summed E-state index contributed by atoms with van der Waals surface area (Å²) in [6.07, 6.45) is 0. The van der Waals surface area contributed by atoms with Gasteiger partial charge < -0.3 is 9.47 Å². The molecule has 0 radical (unpaired) electrons. The molecule has 3 rings (SSSR count). The van der Waals surface area contributed by atoms with Crippen LogP contribution in [0.4, 0.5) is 0 Å². The van der Waals surface area contributed by atoms with Crippen molar-refractivity contribution in [2.24, 2.45) is 0 Å². The van der Waals surface area contributed by atoms with Gasteiger partial charge in [0.25, 0.3) is 0 Å². The number of aromatic nitrogens is 2. The molecule has 3 aromatic rings. The molecule has 0 fully saturated rings. The largest absolute Gasteiger partial charge is 0.490 e. The second-order valence-corrected chi connectivity index (χ2v) is 6.45. The Kier molecular flexibility index (Phi) is 5.28. The van der Waals surface area contributed by atoms with E-state index in [1.165, 1.54) is 0 Å². The molecule has 6 heteroatoms. The third-order valence-corrected chi connectivity index (χ3v) is 4.24. The van der Waals surface area contributed by atoms with Gasteiger partial charge in [-0.15, -0.1) is 0 Å². The van der Waals surface area contributed by atoms with Gasteiger partial charge in [0, 0.05) is 4.47 Å². The van der Waals surface area contributed by atoms with Gasteiger partial charge in [-0.25, -0.2) is 14.8 Å². The van der Waals surface area contributed by atoms with E-state index in [9.17, 15) is 4.79 Å². The van der Waals surface area contributed by atoms with Crippen molar-refractivity contribution in [1.82, 2.24) is 9.97 Å². The van der Waals surface area contributed by atoms with E-state index in [0.29, 0.717) is 17.7 Å². The molecule has 25 heavy (non-hydrogen) atoms. The Labute approximate surface area is 154 Å². The first kappa shape index (κ1) is 17.4. The van der Waals surface area contributed by atoms with Gasteiger partial charge in [-0.2, -0.15) is 0 Å². The van der Waals surface area contributed by atoms with Gasteiger partial charge in [-0.05, 0) is 56.3 Å². The third kappa shape index (κ3) is 4.33. The van der Waals surface area contributed by atoms with Crippen LogP contribution in [0.25, 0.3) is 11.0 Å². The second-order valence-electron chi connectivity index (χ2n) is 5.54. The van der Waals surface area contributed by atoms with Crippen LogP contribution in [0, 0.1) is 13.8 Å². The van der Waals surface area contributed by atoms with E-state index in [1.807, 2.05) is 38.1 Å². The number of ether oxygens (including phenoxy) is 2. The Bertz CT molecular complexity index is 910. The van der Waals surface area contributed by atoms with E-state index >= 15 is 0 Å². The maximum Gasteiger partial charge on any atom is 0.338 e. The molecular formula is C19H17BrN2O3. The fraction of sp³-hybridized carbons (Fsp3) is 0.211. The van der Waals surface area contributed by atoms with E-state index in [0.717, 1.165) is 27.1 Å². The van der Waals surface area contributed by atoms with Crippen molar-refractivity contribution >= 4 is 32.9 Å². The van der Waals surface area contributed by atoms with Gasteiger partial charge >= 0.3 is 5.97 Å². The number of benzene rings is 2. The molecule has 0 aliphatic carbocycles. The third-order valence-electron chi connectivity index (χ3n) is 3.71. The van der Waals surface area contributed by atoms with E-state index in [-0.39, 0.29) is 6.61 Å². The van der Waals surface area contributed by atoms with Crippen LogP contribution in [0.5, 0.6) is 5.75 Å². The lowest BCUT2D eigenvalue weighted by atomic mass is 10.2. The highest BCUT2D eigenvalue weighted by atomic mass is 79.9. The smallest absolute Gasteiger partial charge is 0.338 e. The summed E-state index contributed by atoms with van der Waals surface area (Å²) in [6.45, 7) is 4.27.